The van der Waals surface area contributed by atoms with E-state index in [-0.39, 0.29) is 18.2 Å². The van der Waals surface area contributed by atoms with Crippen molar-refractivity contribution in [2.45, 2.75) is 63.1 Å². The molecule has 1 aliphatic carbocycles. The van der Waals surface area contributed by atoms with Gasteiger partial charge in [-0.25, -0.2) is 4.79 Å². The zero-order valence-electron chi connectivity index (χ0n) is 16.0. The molecule has 5 nitrogen and oxygen atoms in total. The highest BCUT2D eigenvalue weighted by Crippen LogP contribution is 2.34. The summed E-state index contributed by atoms with van der Waals surface area (Å²) in [7, 11) is 1.96. The Labute approximate surface area is 157 Å². The molecule has 1 saturated heterocycles. The molecule has 1 saturated carbocycles. The minimum atomic E-state index is -0.216. The lowest BCUT2D eigenvalue weighted by Gasteiger charge is -2.32. The predicted molar refractivity (Wildman–Crippen MR) is 102 cm³/mol. The van der Waals surface area contributed by atoms with Crippen LogP contribution in [0.2, 0.25) is 0 Å². The maximum absolute atomic E-state index is 12.2. The molecule has 2 atom stereocenters. The minimum Gasteiger partial charge on any atom is -0.450 e. The van der Waals surface area contributed by atoms with Crippen molar-refractivity contribution >= 4 is 6.09 Å². The van der Waals surface area contributed by atoms with Crippen molar-refractivity contribution in [1.29, 1.82) is 0 Å². The van der Waals surface area contributed by atoms with Crippen LogP contribution in [-0.4, -0.2) is 56.0 Å². The molecule has 26 heavy (non-hydrogen) atoms. The van der Waals surface area contributed by atoms with Crippen LogP contribution >= 0.6 is 0 Å². The molecule has 2 fully saturated rings. The first-order chi connectivity index (χ1) is 12.7. The van der Waals surface area contributed by atoms with Crippen LogP contribution in [0, 0.1) is 0 Å². The molecule has 0 aromatic heterocycles. The smallest absolute Gasteiger partial charge is 0.410 e. The van der Waals surface area contributed by atoms with E-state index < -0.39 is 0 Å². The van der Waals surface area contributed by atoms with Crippen LogP contribution in [0.15, 0.2) is 30.3 Å². The number of ether oxygens (including phenoxy) is 2. The van der Waals surface area contributed by atoms with Crippen LogP contribution in [-0.2, 0) is 9.47 Å². The number of rotatable bonds is 6. The molecule has 144 valence electrons. The van der Waals surface area contributed by atoms with Gasteiger partial charge in [-0.2, -0.15) is 0 Å². The number of hydrogen-bond acceptors (Lipinski definition) is 4. The van der Waals surface area contributed by atoms with Gasteiger partial charge in [-0.15, -0.1) is 0 Å². The number of likely N-dealkylation sites (N-methyl/N-ethyl adjacent to an activating group) is 1. The second-order valence-electron chi connectivity index (χ2n) is 7.36. The van der Waals surface area contributed by atoms with Crippen molar-refractivity contribution in [3.8, 4) is 0 Å². The molecule has 0 spiro atoms. The van der Waals surface area contributed by atoms with Gasteiger partial charge in [0.2, 0.25) is 0 Å². The third-order valence-corrected chi connectivity index (χ3v) is 5.87. The molecule has 5 heteroatoms. The van der Waals surface area contributed by atoms with Gasteiger partial charge in [-0.05, 0) is 57.6 Å². The van der Waals surface area contributed by atoms with E-state index >= 15 is 0 Å². The average molecular weight is 360 g/mol. The summed E-state index contributed by atoms with van der Waals surface area (Å²) in [4.78, 5) is 14.0. The van der Waals surface area contributed by atoms with Gasteiger partial charge in [0.05, 0.1) is 25.4 Å². The normalized spacial score (nSPS) is 28.9. The van der Waals surface area contributed by atoms with E-state index in [1.54, 1.807) is 0 Å². The summed E-state index contributed by atoms with van der Waals surface area (Å²) in [6.07, 6.45) is 5.58. The van der Waals surface area contributed by atoms with E-state index in [1.165, 1.54) is 18.4 Å². The number of likely N-dealkylation sites (tertiary alicyclic amines) is 1. The summed E-state index contributed by atoms with van der Waals surface area (Å²) in [5, 5.41) is 3.33. The molecule has 1 amide bonds. The highest BCUT2D eigenvalue weighted by molar-refractivity contribution is 5.68. The Balaban J connectivity index is 1.49. The fourth-order valence-electron chi connectivity index (χ4n) is 4.35. The summed E-state index contributed by atoms with van der Waals surface area (Å²) in [6.45, 7) is 3.58. The summed E-state index contributed by atoms with van der Waals surface area (Å²) >= 11 is 0. The summed E-state index contributed by atoms with van der Waals surface area (Å²) in [5.74, 6) is 0.656. The Morgan fingerprint density at radius 1 is 1.15 bits per heavy atom. The molecular weight excluding hydrogens is 328 g/mol. The Morgan fingerprint density at radius 2 is 1.88 bits per heavy atom. The maximum atomic E-state index is 12.2. The molecule has 1 aliphatic heterocycles. The van der Waals surface area contributed by atoms with E-state index in [9.17, 15) is 4.79 Å². The molecular formula is C21H32N2O3. The van der Waals surface area contributed by atoms with Crippen LogP contribution in [0.25, 0.3) is 0 Å². The van der Waals surface area contributed by atoms with Crippen molar-refractivity contribution in [3.05, 3.63) is 35.9 Å². The van der Waals surface area contributed by atoms with Gasteiger partial charge >= 0.3 is 6.09 Å². The highest BCUT2D eigenvalue weighted by Gasteiger charge is 2.38. The van der Waals surface area contributed by atoms with Crippen LogP contribution in [0.5, 0.6) is 0 Å². The summed E-state index contributed by atoms with van der Waals surface area (Å²) in [6, 6.07) is 11.1. The number of benzene rings is 1. The van der Waals surface area contributed by atoms with Gasteiger partial charge in [0.15, 0.2) is 0 Å². The first-order valence-electron chi connectivity index (χ1n) is 10.00. The van der Waals surface area contributed by atoms with Crippen LogP contribution in [0.3, 0.4) is 0 Å². The largest absolute Gasteiger partial charge is 0.450 e. The fraction of sp³-hybridized carbons (Fsp3) is 0.667. The van der Waals surface area contributed by atoms with Crippen LogP contribution < -0.4 is 5.32 Å². The summed E-state index contributed by atoms with van der Waals surface area (Å²) < 4.78 is 11.5. The lowest BCUT2D eigenvalue weighted by atomic mass is 9.83. The number of carbonyl (C=O) groups excluding carboxylic acids is 1. The van der Waals surface area contributed by atoms with Gasteiger partial charge in [-0.1, -0.05) is 30.3 Å². The van der Waals surface area contributed by atoms with Crippen molar-refractivity contribution in [2.75, 3.05) is 26.8 Å². The third-order valence-electron chi connectivity index (χ3n) is 5.87. The lowest BCUT2D eigenvalue weighted by molar-refractivity contribution is -0.00725. The topological polar surface area (TPSA) is 50.8 Å². The Bertz CT molecular complexity index is 558. The molecule has 0 radical (unpaired) electrons. The average Bonchev–Trinajstić information content (AvgIpc) is 3.11. The van der Waals surface area contributed by atoms with Gasteiger partial charge in [0.25, 0.3) is 0 Å². The quantitative estimate of drug-likeness (QED) is 0.843. The second kappa shape index (κ2) is 9.38. The maximum Gasteiger partial charge on any atom is 0.410 e. The van der Waals surface area contributed by atoms with Crippen molar-refractivity contribution in [1.82, 2.24) is 10.2 Å². The number of amides is 1. The van der Waals surface area contributed by atoms with Crippen LogP contribution in [0.1, 0.15) is 50.5 Å². The van der Waals surface area contributed by atoms with Crippen molar-refractivity contribution < 1.29 is 14.3 Å². The molecule has 1 N–H and O–H groups in total. The standard InChI is InChI=1S/C21H32N2O3/c1-3-25-21(24)23-14-13-19(22-2)20(23)15-26-18-11-9-17(10-12-18)16-7-5-4-6-8-16/h4-8,17-20,22H,3,9-15H2,1-2H3. The van der Waals surface area contributed by atoms with Gasteiger partial charge in [0.1, 0.15) is 0 Å². The predicted octanol–water partition coefficient (Wildman–Crippen LogP) is 3.55. The lowest BCUT2D eigenvalue weighted by Crippen LogP contribution is -2.47. The number of nitrogens with zero attached hydrogens (tertiary/aromatic N) is 1. The first-order valence-corrected chi connectivity index (χ1v) is 10.00. The number of carbonyl (C=O) groups is 1. The fourth-order valence-corrected chi connectivity index (χ4v) is 4.35. The van der Waals surface area contributed by atoms with E-state index in [4.69, 9.17) is 9.47 Å². The highest BCUT2D eigenvalue weighted by atomic mass is 16.6. The Kier molecular flexibility index (Phi) is 6.92. The van der Waals surface area contributed by atoms with Crippen LogP contribution in [0.4, 0.5) is 4.79 Å². The molecule has 3 rings (SSSR count). The SMILES string of the molecule is CCOC(=O)N1CCC(NC)C1COC1CCC(c2ccccc2)CC1. The second-order valence-corrected chi connectivity index (χ2v) is 7.36. The third kappa shape index (κ3) is 4.57. The molecule has 0 bridgehead atoms. The van der Waals surface area contributed by atoms with E-state index in [1.807, 2.05) is 18.9 Å². The van der Waals surface area contributed by atoms with E-state index in [0.29, 0.717) is 25.2 Å². The number of hydrogen-bond donors (Lipinski definition) is 1. The van der Waals surface area contributed by atoms with E-state index in [2.05, 4.69) is 35.6 Å². The monoisotopic (exact) mass is 360 g/mol. The first kappa shape index (κ1) is 19.2. The summed E-state index contributed by atoms with van der Waals surface area (Å²) in [5.41, 5.74) is 1.45. The number of nitrogens with one attached hydrogen (secondary N) is 1. The molecule has 1 aromatic rings. The Morgan fingerprint density at radius 3 is 2.54 bits per heavy atom. The van der Waals surface area contributed by atoms with E-state index in [0.717, 1.165) is 25.8 Å². The minimum absolute atomic E-state index is 0.0610. The molecule has 2 aliphatic rings. The Hall–Kier alpha value is -1.59. The zero-order valence-corrected chi connectivity index (χ0v) is 16.0. The van der Waals surface area contributed by atoms with Gasteiger partial charge in [0, 0.05) is 12.6 Å². The molecule has 2 unspecified atom stereocenters. The molecule has 1 aromatic carbocycles. The molecule has 1 heterocycles. The van der Waals surface area contributed by atoms with Crippen molar-refractivity contribution in [3.63, 3.8) is 0 Å². The van der Waals surface area contributed by atoms with Crippen molar-refractivity contribution in [2.24, 2.45) is 0 Å². The van der Waals surface area contributed by atoms with Gasteiger partial charge < -0.3 is 19.7 Å². The van der Waals surface area contributed by atoms with Gasteiger partial charge in [-0.3, -0.25) is 0 Å². The zero-order chi connectivity index (χ0) is 18.4.